The third-order valence-corrected chi connectivity index (χ3v) is 6.55. The summed E-state index contributed by atoms with van der Waals surface area (Å²) in [5.41, 5.74) is -0.114. The van der Waals surface area contributed by atoms with Gasteiger partial charge in [-0.1, -0.05) is 0 Å². The molecular formula is C26H28FN9O5. The summed E-state index contributed by atoms with van der Waals surface area (Å²) in [6, 6.07) is 4.91. The molecule has 1 aliphatic carbocycles. The SMILES string of the molecule is [2H]C([2H])([2H])NC(=O)c1nnc(NC(=O)C2CC2)cc1Nc1cc(F)cc(-c2cc(C(=O)N3CCNC(=O)C3)n(C)n2)c1OC. The first-order valence-electron chi connectivity index (χ1n) is 14.1. The highest BCUT2D eigenvalue weighted by Gasteiger charge is 2.30. The summed E-state index contributed by atoms with van der Waals surface area (Å²) in [5.74, 6) is -3.00. The Hall–Kier alpha value is -5.08. The lowest BCUT2D eigenvalue weighted by atomic mass is 10.1. The Balaban J connectivity index is 1.52. The number of anilines is 3. The van der Waals surface area contributed by atoms with Gasteiger partial charge < -0.3 is 30.9 Å². The molecule has 2 aliphatic rings. The molecule has 1 aromatic carbocycles. The number of methoxy groups -OCH3 is 1. The quantitative estimate of drug-likeness (QED) is 0.310. The van der Waals surface area contributed by atoms with E-state index in [1.54, 1.807) is 0 Å². The second-order valence-corrected chi connectivity index (χ2v) is 9.48. The minimum absolute atomic E-state index is 0.0101. The number of rotatable bonds is 8. The van der Waals surface area contributed by atoms with E-state index in [1.165, 1.54) is 35.9 Å². The zero-order valence-corrected chi connectivity index (χ0v) is 22.1. The van der Waals surface area contributed by atoms with Gasteiger partial charge in [-0.05, 0) is 25.0 Å². The number of nitrogens with one attached hydrogen (secondary N) is 4. The Bertz CT molecular complexity index is 1660. The van der Waals surface area contributed by atoms with Crippen LogP contribution in [0.3, 0.4) is 0 Å². The van der Waals surface area contributed by atoms with Gasteiger partial charge in [0, 0.05) is 54.8 Å². The molecule has 1 saturated heterocycles. The fourth-order valence-electron chi connectivity index (χ4n) is 4.36. The number of aromatic nitrogens is 4. The largest absolute Gasteiger partial charge is 0.494 e. The fraction of sp³-hybridized carbons (Fsp3) is 0.346. The lowest BCUT2D eigenvalue weighted by molar-refractivity contribution is -0.123. The molecule has 4 N–H and O–H groups in total. The maximum Gasteiger partial charge on any atom is 0.273 e. The van der Waals surface area contributed by atoms with Gasteiger partial charge >= 0.3 is 0 Å². The zero-order chi connectivity index (χ0) is 31.8. The van der Waals surface area contributed by atoms with Gasteiger partial charge in [0.25, 0.3) is 11.8 Å². The molecule has 3 heterocycles. The normalized spacial score (nSPS) is 16.1. The molecule has 15 heteroatoms. The minimum atomic E-state index is -2.84. The number of nitrogens with zero attached hydrogens (tertiary/aromatic N) is 5. The second-order valence-electron chi connectivity index (χ2n) is 9.48. The molecule has 41 heavy (non-hydrogen) atoms. The van der Waals surface area contributed by atoms with Gasteiger partial charge in [-0.25, -0.2) is 4.39 Å². The molecule has 3 aromatic rings. The van der Waals surface area contributed by atoms with Crippen molar-refractivity contribution in [3.8, 4) is 17.0 Å². The van der Waals surface area contributed by atoms with E-state index in [0.717, 1.165) is 25.0 Å². The van der Waals surface area contributed by atoms with Crippen LogP contribution in [0.1, 0.15) is 37.9 Å². The number of piperazine rings is 1. The van der Waals surface area contributed by atoms with E-state index in [2.05, 4.69) is 31.2 Å². The van der Waals surface area contributed by atoms with Crippen molar-refractivity contribution in [2.75, 3.05) is 44.4 Å². The first kappa shape index (κ1) is 23.8. The highest BCUT2D eigenvalue weighted by atomic mass is 19.1. The first-order valence-corrected chi connectivity index (χ1v) is 12.6. The average molecular weight is 569 g/mol. The molecule has 2 fully saturated rings. The number of halogens is 1. The maximum atomic E-state index is 15.1. The van der Waals surface area contributed by atoms with E-state index in [-0.39, 0.29) is 64.2 Å². The minimum Gasteiger partial charge on any atom is -0.494 e. The van der Waals surface area contributed by atoms with Crippen molar-refractivity contribution >= 4 is 40.8 Å². The van der Waals surface area contributed by atoms with E-state index in [0.29, 0.717) is 13.1 Å². The molecule has 214 valence electrons. The van der Waals surface area contributed by atoms with Crippen LogP contribution < -0.4 is 26.0 Å². The van der Waals surface area contributed by atoms with Gasteiger partial charge in [-0.3, -0.25) is 23.9 Å². The van der Waals surface area contributed by atoms with Crippen molar-refractivity contribution in [1.29, 1.82) is 0 Å². The highest BCUT2D eigenvalue weighted by molar-refractivity contribution is 6.00. The average Bonchev–Trinajstić information content (AvgIpc) is 3.73. The summed E-state index contributed by atoms with van der Waals surface area (Å²) in [6.07, 6.45) is 1.45. The Morgan fingerprint density at radius 2 is 1.98 bits per heavy atom. The van der Waals surface area contributed by atoms with Crippen LogP contribution in [-0.4, -0.2) is 82.2 Å². The van der Waals surface area contributed by atoms with Crippen molar-refractivity contribution in [2.24, 2.45) is 13.0 Å². The maximum absolute atomic E-state index is 15.1. The standard InChI is InChI=1S/C26H28FN9O5/c1-28-25(39)22-17(11-20(32-33-22)31-24(38)13-4-5-13)30-18-9-14(27)8-15(23(18)41-3)16-10-19(35(2)34-16)26(40)36-7-6-29-21(37)12-36/h8-11,13H,4-7,12H2,1-3H3,(H,28,39)(H,29,37)(H2,30,31,32,38)/i1D3. The molecule has 0 atom stereocenters. The Morgan fingerprint density at radius 1 is 1.17 bits per heavy atom. The Labute approximate surface area is 237 Å². The third-order valence-electron chi connectivity index (χ3n) is 6.55. The number of carbonyl (C=O) groups excluding carboxylic acids is 4. The number of carbonyl (C=O) groups is 4. The van der Waals surface area contributed by atoms with Crippen molar-refractivity contribution < 1.29 is 32.4 Å². The molecule has 4 amide bonds. The van der Waals surface area contributed by atoms with Crippen LogP contribution in [0, 0.1) is 11.7 Å². The van der Waals surface area contributed by atoms with Crippen molar-refractivity contribution in [1.82, 2.24) is 35.5 Å². The van der Waals surface area contributed by atoms with Gasteiger partial charge in [-0.2, -0.15) is 5.10 Å². The van der Waals surface area contributed by atoms with Gasteiger partial charge in [0.1, 0.15) is 11.5 Å². The van der Waals surface area contributed by atoms with Crippen molar-refractivity contribution in [3.63, 3.8) is 0 Å². The number of aryl methyl sites for hydroxylation is 1. The predicted molar refractivity (Wildman–Crippen MR) is 144 cm³/mol. The van der Waals surface area contributed by atoms with Crippen molar-refractivity contribution in [3.05, 3.63) is 41.5 Å². The predicted octanol–water partition coefficient (Wildman–Crippen LogP) is 1.05. The lowest BCUT2D eigenvalue weighted by Crippen LogP contribution is -2.50. The molecule has 0 spiro atoms. The summed E-state index contributed by atoms with van der Waals surface area (Å²) in [4.78, 5) is 51.4. The van der Waals surface area contributed by atoms with Crippen LogP contribution in [0.4, 0.5) is 21.6 Å². The number of hydrogen-bond acceptors (Lipinski definition) is 9. The molecule has 0 unspecified atom stereocenters. The second kappa shape index (κ2) is 11.2. The highest BCUT2D eigenvalue weighted by Crippen LogP contribution is 2.39. The van der Waals surface area contributed by atoms with Crippen LogP contribution in [0.15, 0.2) is 24.3 Å². The monoisotopic (exact) mass is 568 g/mol. The summed E-state index contributed by atoms with van der Waals surface area (Å²) in [5, 5.41) is 22.0. The van der Waals surface area contributed by atoms with Crippen LogP contribution in [0.2, 0.25) is 0 Å². The molecule has 1 aliphatic heterocycles. The van der Waals surface area contributed by atoms with Gasteiger partial charge in [0.05, 0.1) is 30.7 Å². The summed E-state index contributed by atoms with van der Waals surface area (Å²) in [6.45, 7) is -2.34. The molecule has 2 aromatic heterocycles. The summed E-state index contributed by atoms with van der Waals surface area (Å²) in [7, 11) is 2.85. The van der Waals surface area contributed by atoms with Gasteiger partial charge in [0.15, 0.2) is 17.3 Å². The number of benzene rings is 1. The van der Waals surface area contributed by atoms with E-state index >= 15 is 4.39 Å². The van der Waals surface area contributed by atoms with Crippen LogP contribution in [0.5, 0.6) is 5.75 Å². The Kier molecular flexibility index (Phi) is 6.49. The molecule has 5 rings (SSSR count). The van der Waals surface area contributed by atoms with E-state index in [4.69, 9.17) is 8.85 Å². The van der Waals surface area contributed by atoms with E-state index in [1.807, 2.05) is 5.32 Å². The topological polar surface area (TPSA) is 172 Å². The fourth-order valence-corrected chi connectivity index (χ4v) is 4.36. The molecule has 1 saturated carbocycles. The molecule has 0 bridgehead atoms. The number of ether oxygens (including phenoxy) is 1. The third kappa shape index (κ3) is 5.78. The first-order chi connectivity index (χ1) is 20.8. The summed E-state index contributed by atoms with van der Waals surface area (Å²) >= 11 is 0. The summed E-state index contributed by atoms with van der Waals surface area (Å²) < 4.78 is 44.1. The lowest BCUT2D eigenvalue weighted by Gasteiger charge is -2.26. The van der Waals surface area contributed by atoms with Crippen LogP contribution >= 0.6 is 0 Å². The van der Waals surface area contributed by atoms with E-state index < -0.39 is 30.3 Å². The van der Waals surface area contributed by atoms with Gasteiger partial charge in [-0.15, -0.1) is 10.2 Å². The van der Waals surface area contributed by atoms with Crippen LogP contribution in [-0.2, 0) is 16.6 Å². The van der Waals surface area contributed by atoms with E-state index in [9.17, 15) is 19.2 Å². The Morgan fingerprint density at radius 3 is 2.68 bits per heavy atom. The number of hydrogen-bond donors (Lipinski definition) is 4. The molecule has 14 nitrogen and oxygen atoms in total. The van der Waals surface area contributed by atoms with Gasteiger partial charge in [0.2, 0.25) is 11.8 Å². The van der Waals surface area contributed by atoms with Crippen LogP contribution in [0.25, 0.3) is 11.3 Å². The zero-order valence-electron chi connectivity index (χ0n) is 25.1. The smallest absolute Gasteiger partial charge is 0.273 e. The number of amides is 4. The molecule has 0 radical (unpaired) electrons. The molecular weight excluding hydrogens is 537 g/mol. The van der Waals surface area contributed by atoms with Crippen molar-refractivity contribution in [2.45, 2.75) is 12.8 Å².